The molecule has 1 aliphatic rings. The predicted molar refractivity (Wildman–Crippen MR) is 75.1 cm³/mol. The Morgan fingerprint density at radius 1 is 1.44 bits per heavy atom. The zero-order chi connectivity index (χ0) is 13.2. The second kappa shape index (κ2) is 5.11. The van der Waals surface area contributed by atoms with E-state index in [-0.39, 0.29) is 5.41 Å². The lowest BCUT2D eigenvalue weighted by Crippen LogP contribution is -2.26. The average Bonchev–Trinajstić information content (AvgIpc) is 2.78. The molecule has 2 rings (SSSR count). The summed E-state index contributed by atoms with van der Waals surface area (Å²) in [4.78, 5) is 10.7. The molecule has 3 nitrogen and oxygen atoms in total. The van der Waals surface area contributed by atoms with Gasteiger partial charge in [-0.3, -0.25) is 4.79 Å². The Labute approximate surface area is 109 Å². The number of carbonyl (C=O) groups excluding carboxylic acids is 1. The van der Waals surface area contributed by atoms with Crippen molar-refractivity contribution in [3.63, 3.8) is 0 Å². The number of nitrogens with one attached hydrogen (secondary N) is 2. The van der Waals surface area contributed by atoms with Crippen LogP contribution >= 0.6 is 0 Å². The van der Waals surface area contributed by atoms with Crippen molar-refractivity contribution in [3.05, 3.63) is 29.3 Å². The molecule has 18 heavy (non-hydrogen) atoms. The minimum absolute atomic E-state index is 0.121. The number of hydrogen-bond donors (Lipinski definition) is 2. The molecule has 1 fully saturated rings. The van der Waals surface area contributed by atoms with Crippen molar-refractivity contribution < 1.29 is 4.79 Å². The Kier molecular flexibility index (Phi) is 3.71. The first-order chi connectivity index (χ1) is 8.57. The summed E-state index contributed by atoms with van der Waals surface area (Å²) < 4.78 is 0. The highest BCUT2D eigenvalue weighted by atomic mass is 16.1. The number of amides is 1. The highest BCUT2D eigenvalue weighted by Gasteiger charge is 2.32. The smallest absolute Gasteiger partial charge is 0.211 e. The standard InChI is InChI=1S/C15H22N2O/c1-11(2)12-4-5-14(17-10-18)13(8-12)15(3)6-7-16-9-15/h4-5,8,10-11,16H,6-7,9H2,1-3H3,(H,17,18). The number of benzene rings is 1. The molecular formula is C15H22N2O. The van der Waals surface area contributed by atoms with Gasteiger partial charge < -0.3 is 10.6 Å². The quantitative estimate of drug-likeness (QED) is 0.802. The Hall–Kier alpha value is -1.35. The van der Waals surface area contributed by atoms with Gasteiger partial charge in [0, 0.05) is 17.6 Å². The summed E-state index contributed by atoms with van der Waals surface area (Å²) in [6.45, 7) is 8.68. The molecule has 1 atom stereocenters. The first kappa shape index (κ1) is 13.1. The van der Waals surface area contributed by atoms with E-state index < -0.39 is 0 Å². The first-order valence-electron chi connectivity index (χ1n) is 6.62. The highest BCUT2D eigenvalue weighted by molar-refractivity contribution is 5.74. The molecule has 0 spiro atoms. The molecule has 1 unspecified atom stereocenters. The van der Waals surface area contributed by atoms with Crippen molar-refractivity contribution >= 4 is 12.1 Å². The van der Waals surface area contributed by atoms with Crippen LogP contribution in [-0.4, -0.2) is 19.5 Å². The second-order valence-corrected chi connectivity index (χ2v) is 5.71. The summed E-state index contributed by atoms with van der Waals surface area (Å²) in [7, 11) is 0. The topological polar surface area (TPSA) is 41.1 Å². The number of anilines is 1. The van der Waals surface area contributed by atoms with E-state index in [9.17, 15) is 4.79 Å². The fourth-order valence-corrected chi connectivity index (χ4v) is 2.66. The maximum atomic E-state index is 10.7. The largest absolute Gasteiger partial charge is 0.328 e. The molecule has 0 radical (unpaired) electrons. The van der Waals surface area contributed by atoms with Gasteiger partial charge in [0.25, 0.3) is 0 Å². The van der Waals surface area contributed by atoms with Crippen LogP contribution < -0.4 is 10.6 Å². The summed E-state index contributed by atoms with van der Waals surface area (Å²) in [5, 5.41) is 6.25. The van der Waals surface area contributed by atoms with E-state index in [1.54, 1.807) is 0 Å². The first-order valence-corrected chi connectivity index (χ1v) is 6.62. The Morgan fingerprint density at radius 3 is 2.78 bits per heavy atom. The van der Waals surface area contributed by atoms with Crippen molar-refractivity contribution in [2.45, 2.75) is 38.5 Å². The second-order valence-electron chi connectivity index (χ2n) is 5.71. The van der Waals surface area contributed by atoms with Gasteiger partial charge in [-0.1, -0.05) is 32.9 Å². The fraction of sp³-hybridized carbons (Fsp3) is 0.533. The van der Waals surface area contributed by atoms with Crippen molar-refractivity contribution in [3.8, 4) is 0 Å². The third-order valence-corrected chi connectivity index (χ3v) is 3.94. The van der Waals surface area contributed by atoms with E-state index >= 15 is 0 Å². The van der Waals surface area contributed by atoms with E-state index in [0.29, 0.717) is 5.92 Å². The third kappa shape index (κ3) is 2.41. The molecule has 1 aromatic rings. The molecule has 0 saturated carbocycles. The van der Waals surface area contributed by atoms with Gasteiger partial charge in [0.05, 0.1) is 0 Å². The number of carbonyl (C=O) groups is 1. The van der Waals surface area contributed by atoms with E-state index in [2.05, 4.69) is 43.5 Å². The Balaban J connectivity index is 2.46. The van der Waals surface area contributed by atoms with E-state index in [4.69, 9.17) is 0 Å². The summed E-state index contributed by atoms with van der Waals surface area (Å²) >= 11 is 0. The lowest BCUT2D eigenvalue weighted by atomic mass is 9.79. The van der Waals surface area contributed by atoms with Crippen LogP contribution in [0.4, 0.5) is 5.69 Å². The lowest BCUT2D eigenvalue weighted by Gasteiger charge is -2.27. The molecule has 1 saturated heterocycles. The van der Waals surface area contributed by atoms with Crippen LogP contribution in [-0.2, 0) is 10.2 Å². The number of rotatable bonds is 4. The molecular weight excluding hydrogens is 224 g/mol. The minimum atomic E-state index is 0.121. The molecule has 0 aliphatic carbocycles. The van der Waals surface area contributed by atoms with Gasteiger partial charge in [-0.05, 0) is 36.1 Å². The zero-order valence-corrected chi connectivity index (χ0v) is 11.4. The molecule has 0 aromatic heterocycles. The summed E-state index contributed by atoms with van der Waals surface area (Å²) in [6.07, 6.45) is 1.88. The van der Waals surface area contributed by atoms with Crippen LogP contribution in [0.3, 0.4) is 0 Å². The van der Waals surface area contributed by atoms with Crippen LogP contribution in [0.5, 0.6) is 0 Å². The Bertz CT molecular complexity index is 434. The van der Waals surface area contributed by atoms with Gasteiger partial charge in [-0.15, -0.1) is 0 Å². The number of hydrogen-bond acceptors (Lipinski definition) is 2. The van der Waals surface area contributed by atoms with Crippen LogP contribution in [0.15, 0.2) is 18.2 Å². The van der Waals surface area contributed by atoms with Gasteiger partial charge in [-0.2, -0.15) is 0 Å². The molecule has 3 heteroatoms. The lowest BCUT2D eigenvalue weighted by molar-refractivity contribution is -0.105. The van der Waals surface area contributed by atoms with Crippen molar-refractivity contribution in [2.75, 3.05) is 18.4 Å². The maximum absolute atomic E-state index is 10.7. The van der Waals surface area contributed by atoms with Crippen molar-refractivity contribution in [1.82, 2.24) is 5.32 Å². The fourth-order valence-electron chi connectivity index (χ4n) is 2.66. The molecule has 1 aromatic carbocycles. The van der Waals surface area contributed by atoms with Crippen molar-refractivity contribution in [2.24, 2.45) is 0 Å². The summed E-state index contributed by atoms with van der Waals surface area (Å²) in [5.74, 6) is 0.506. The molecule has 1 heterocycles. The summed E-state index contributed by atoms with van der Waals surface area (Å²) in [6, 6.07) is 6.39. The molecule has 98 valence electrons. The van der Waals surface area contributed by atoms with Crippen LogP contribution in [0.2, 0.25) is 0 Å². The predicted octanol–water partition coefficient (Wildman–Crippen LogP) is 2.63. The van der Waals surface area contributed by atoms with Crippen LogP contribution in [0.1, 0.15) is 44.2 Å². The normalized spacial score (nSPS) is 23.3. The van der Waals surface area contributed by atoms with E-state index in [0.717, 1.165) is 31.6 Å². The van der Waals surface area contributed by atoms with Gasteiger partial charge in [-0.25, -0.2) is 0 Å². The molecule has 0 bridgehead atoms. The molecule has 2 N–H and O–H groups in total. The SMILES string of the molecule is CC(C)c1ccc(NC=O)c(C2(C)CCNC2)c1. The maximum Gasteiger partial charge on any atom is 0.211 e. The summed E-state index contributed by atoms with van der Waals surface area (Å²) in [5.41, 5.74) is 3.65. The monoisotopic (exact) mass is 246 g/mol. The molecule has 1 aliphatic heterocycles. The van der Waals surface area contributed by atoms with Gasteiger partial charge in [0.2, 0.25) is 6.41 Å². The van der Waals surface area contributed by atoms with Crippen molar-refractivity contribution in [1.29, 1.82) is 0 Å². The van der Waals surface area contributed by atoms with Gasteiger partial charge in [0.15, 0.2) is 0 Å². The van der Waals surface area contributed by atoms with E-state index in [1.165, 1.54) is 11.1 Å². The highest BCUT2D eigenvalue weighted by Crippen LogP contribution is 2.36. The van der Waals surface area contributed by atoms with E-state index in [1.807, 2.05) is 6.07 Å². The minimum Gasteiger partial charge on any atom is -0.328 e. The average molecular weight is 246 g/mol. The third-order valence-electron chi connectivity index (χ3n) is 3.94. The van der Waals surface area contributed by atoms with Gasteiger partial charge in [0.1, 0.15) is 0 Å². The Morgan fingerprint density at radius 2 is 2.22 bits per heavy atom. The molecule has 1 amide bonds. The van der Waals surface area contributed by atoms with Gasteiger partial charge >= 0.3 is 0 Å². The van der Waals surface area contributed by atoms with Crippen LogP contribution in [0.25, 0.3) is 0 Å². The van der Waals surface area contributed by atoms with Crippen LogP contribution in [0, 0.1) is 0 Å². The zero-order valence-electron chi connectivity index (χ0n) is 11.4.